The third-order valence-corrected chi connectivity index (χ3v) is 4.82. The van der Waals surface area contributed by atoms with Crippen molar-refractivity contribution >= 4 is 28.6 Å². The number of fused-ring (bicyclic) bond motifs is 1. The molecular formula is C19H20N2O2S. The number of amides is 1. The molecule has 24 heavy (non-hydrogen) atoms. The molecule has 0 saturated heterocycles. The zero-order chi connectivity index (χ0) is 16.8. The minimum atomic E-state index is 0.0567. The van der Waals surface area contributed by atoms with Crippen LogP contribution in [0.5, 0.6) is 5.75 Å². The topological polar surface area (TPSA) is 54.1 Å². The lowest BCUT2D eigenvalue weighted by Gasteiger charge is -2.05. The first-order chi connectivity index (χ1) is 11.8. The number of carbonyl (C=O) groups is 1. The van der Waals surface area contributed by atoms with E-state index in [1.165, 1.54) is 5.56 Å². The van der Waals surface area contributed by atoms with E-state index in [0.29, 0.717) is 12.3 Å². The second-order valence-corrected chi connectivity index (χ2v) is 6.48. The molecule has 5 heteroatoms. The molecule has 1 heterocycles. The van der Waals surface area contributed by atoms with Crippen LogP contribution in [0, 0.1) is 0 Å². The summed E-state index contributed by atoms with van der Waals surface area (Å²) in [5, 5.41) is 4.12. The molecule has 3 aromatic rings. The van der Waals surface area contributed by atoms with E-state index in [1.807, 2.05) is 54.7 Å². The van der Waals surface area contributed by atoms with E-state index >= 15 is 0 Å². The van der Waals surface area contributed by atoms with Gasteiger partial charge in [-0.2, -0.15) is 0 Å². The van der Waals surface area contributed by atoms with Gasteiger partial charge in [0.2, 0.25) is 5.91 Å². The predicted octanol–water partition coefficient (Wildman–Crippen LogP) is 3.63. The van der Waals surface area contributed by atoms with Crippen molar-refractivity contribution in [3.8, 4) is 5.75 Å². The van der Waals surface area contributed by atoms with Gasteiger partial charge in [-0.3, -0.25) is 4.79 Å². The zero-order valence-corrected chi connectivity index (χ0v) is 14.4. The summed E-state index contributed by atoms with van der Waals surface area (Å²) >= 11 is 1.55. The van der Waals surface area contributed by atoms with Crippen molar-refractivity contribution in [1.29, 1.82) is 0 Å². The molecule has 0 fully saturated rings. The molecule has 0 atom stereocenters. The number of aromatic nitrogens is 1. The van der Waals surface area contributed by atoms with E-state index in [0.717, 1.165) is 28.0 Å². The Kier molecular flexibility index (Phi) is 5.43. The van der Waals surface area contributed by atoms with Gasteiger partial charge in [0.1, 0.15) is 5.75 Å². The Morgan fingerprint density at radius 2 is 2.04 bits per heavy atom. The van der Waals surface area contributed by atoms with Crippen molar-refractivity contribution in [2.24, 2.45) is 0 Å². The van der Waals surface area contributed by atoms with Crippen LogP contribution in [0.4, 0.5) is 0 Å². The number of thioether (sulfide) groups is 1. The summed E-state index contributed by atoms with van der Waals surface area (Å²) < 4.78 is 5.28. The molecule has 1 amide bonds. The van der Waals surface area contributed by atoms with Gasteiger partial charge in [0, 0.05) is 28.5 Å². The van der Waals surface area contributed by atoms with Crippen LogP contribution in [0.25, 0.3) is 10.9 Å². The molecule has 0 saturated carbocycles. The highest BCUT2D eigenvalue weighted by molar-refractivity contribution is 8.00. The van der Waals surface area contributed by atoms with E-state index < -0.39 is 0 Å². The first kappa shape index (κ1) is 16.5. The molecule has 0 radical (unpaired) electrons. The van der Waals surface area contributed by atoms with Gasteiger partial charge >= 0.3 is 0 Å². The molecule has 2 N–H and O–H groups in total. The summed E-state index contributed by atoms with van der Waals surface area (Å²) in [6.07, 6.45) is 2.78. The SMILES string of the molecule is COc1ccc2[nH]cc(CCNC(=O)CSc3ccccc3)c2c1. The van der Waals surface area contributed by atoms with Crippen molar-refractivity contribution in [2.45, 2.75) is 11.3 Å². The summed E-state index contributed by atoms with van der Waals surface area (Å²) in [5.74, 6) is 1.33. The number of hydrogen-bond acceptors (Lipinski definition) is 3. The normalized spacial score (nSPS) is 10.7. The third kappa shape index (κ3) is 4.11. The van der Waals surface area contributed by atoms with Crippen LogP contribution < -0.4 is 10.1 Å². The van der Waals surface area contributed by atoms with E-state index in [1.54, 1.807) is 18.9 Å². The minimum absolute atomic E-state index is 0.0567. The Morgan fingerprint density at radius 1 is 1.21 bits per heavy atom. The molecule has 3 rings (SSSR count). The first-order valence-electron chi connectivity index (χ1n) is 7.85. The Labute approximate surface area is 145 Å². The Morgan fingerprint density at radius 3 is 2.83 bits per heavy atom. The van der Waals surface area contributed by atoms with Crippen LogP contribution in [-0.4, -0.2) is 30.3 Å². The highest BCUT2D eigenvalue weighted by Crippen LogP contribution is 2.23. The van der Waals surface area contributed by atoms with Crippen LogP contribution in [0.1, 0.15) is 5.56 Å². The van der Waals surface area contributed by atoms with E-state index in [-0.39, 0.29) is 5.91 Å². The third-order valence-electron chi connectivity index (χ3n) is 3.80. The maximum Gasteiger partial charge on any atom is 0.230 e. The smallest absolute Gasteiger partial charge is 0.230 e. The van der Waals surface area contributed by atoms with Gasteiger partial charge in [-0.05, 0) is 42.3 Å². The van der Waals surface area contributed by atoms with Gasteiger partial charge < -0.3 is 15.0 Å². The van der Waals surface area contributed by atoms with Crippen LogP contribution in [0.3, 0.4) is 0 Å². The van der Waals surface area contributed by atoms with Crippen LogP contribution in [0.15, 0.2) is 59.6 Å². The summed E-state index contributed by atoms with van der Waals surface area (Å²) in [6.45, 7) is 0.623. The molecule has 0 bridgehead atoms. The average Bonchev–Trinajstić information content (AvgIpc) is 3.03. The molecule has 0 aliphatic heterocycles. The van der Waals surface area contributed by atoms with Gasteiger partial charge in [0.15, 0.2) is 0 Å². The van der Waals surface area contributed by atoms with Crippen molar-refractivity contribution < 1.29 is 9.53 Å². The Hall–Kier alpha value is -2.40. The summed E-state index contributed by atoms with van der Waals surface area (Å²) in [5.41, 5.74) is 2.26. The monoisotopic (exact) mass is 340 g/mol. The average molecular weight is 340 g/mol. The second-order valence-electron chi connectivity index (χ2n) is 5.43. The fourth-order valence-corrected chi connectivity index (χ4v) is 3.29. The van der Waals surface area contributed by atoms with Crippen molar-refractivity contribution in [3.05, 3.63) is 60.3 Å². The lowest BCUT2D eigenvalue weighted by Crippen LogP contribution is -2.27. The molecule has 4 nitrogen and oxygen atoms in total. The first-order valence-corrected chi connectivity index (χ1v) is 8.83. The minimum Gasteiger partial charge on any atom is -0.497 e. The zero-order valence-electron chi connectivity index (χ0n) is 13.5. The molecule has 0 aliphatic rings. The van der Waals surface area contributed by atoms with Crippen LogP contribution in [-0.2, 0) is 11.2 Å². The number of ether oxygens (including phenoxy) is 1. The fraction of sp³-hybridized carbons (Fsp3) is 0.211. The van der Waals surface area contributed by atoms with Crippen molar-refractivity contribution in [1.82, 2.24) is 10.3 Å². The van der Waals surface area contributed by atoms with Gasteiger partial charge in [-0.1, -0.05) is 18.2 Å². The van der Waals surface area contributed by atoms with Crippen molar-refractivity contribution in [2.75, 3.05) is 19.4 Å². The van der Waals surface area contributed by atoms with Gasteiger partial charge in [0.05, 0.1) is 12.9 Å². The summed E-state index contributed by atoms with van der Waals surface area (Å²) in [7, 11) is 1.66. The number of H-pyrrole nitrogens is 1. The number of rotatable bonds is 7. The Bertz CT molecular complexity index is 815. The highest BCUT2D eigenvalue weighted by atomic mass is 32.2. The summed E-state index contributed by atoms with van der Waals surface area (Å²) in [6, 6.07) is 15.9. The van der Waals surface area contributed by atoms with E-state index in [4.69, 9.17) is 4.74 Å². The number of aromatic amines is 1. The number of methoxy groups -OCH3 is 1. The molecular weight excluding hydrogens is 320 g/mol. The molecule has 2 aromatic carbocycles. The maximum absolute atomic E-state index is 11.9. The van der Waals surface area contributed by atoms with Gasteiger partial charge in [-0.25, -0.2) is 0 Å². The molecule has 0 aliphatic carbocycles. The molecule has 124 valence electrons. The second kappa shape index (κ2) is 7.93. The van der Waals surface area contributed by atoms with Gasteiger partial charge in [0.25, 0.3) is 0 Å². The fourth-order valence-electron chi connectivity index (χ4n) is 2.54. The predicted molar refractivity (Wildman–Crippen MR) is 98.7 cm³/mol. The summed E-state index contributed by atoms with van der Waals surface area (Å²) in [4.78, 5) is 16.3. The van der Waals surface area contributed by atoms with E-state index in [2.05, 4.69) is 10.3 Å². The molecule has 1 aromatic heterocycles. The highest BCUT2D eigenvalue weighted by Gasteiger charge is 2.07. The molecule has 0 unspecified atom stereocenters. The number of nitrogens with one attached hydrogen (secondary N) is 2. The van der Waals surface area contributed by atoms with E-state index in [9.17, 15) is 4.79 Å². The van der Waals surface area contributed by atoms with Crippen LogP contribution >= 0.6 is 11.8 Å². The number of hydrogen-bond donors (Lipinski definition) is 2. The number of carbonyl (C=O) groups excluding carboxylic acids is 1. The number of benzene rings is 2. The molecule has 0 spiro atoms. The standard InChI is InChI=1S/C19H20N2O2S/c1-23-15-7-8-18-17(11-15)14(12-21-18)9-10-20-19(22)13-24-16-5-3-2-4-6-16/h2-8,11-12,21H,9-10,13H2,1H3,(H,20,22). The quantitative estimate of drug-likeness (QED) is 0.646. The van der Waals surface area contributed by atoms with Crippen molar-refractivity contribution in [3.63, 3.8) is 0 Å². The lowest BCUT2D eigenvalue weighted by atomic mass is 10.1. The van der Waals surface area contributed by atoms with Crippen LogP contribution in [0.2, 0.25) is 0 Å². The Balaban J connectivity index is 1.50. The largest absolute Gasteiger partial charge is 0.497 e. The lowest BCUT2D eigenvalue weighted by molar-refractivity contribution is -0.118. The maximum atomic E-state index is 11.9. The van der Waals surface area contributed by atoms with Gasteiger partial charge in [-0.15, -0.1) is 11.8 Å².